The highest BCUT2D eigenvalue weighted by molar-refractivity contribution is 7.80. The highest BCUT2D eigenvalue weighted by atomic mass is 32.1. The van der Waals surface area contributed by atoms with Crippen LogP contribution >= 0.6 is 12.2 Å². The zero-order valence-corrected chi connectivity index (χ0v) is 16.4. The van der Waals surface area contributed by atoms with Crippen molar-refractivity contribution >= 4 is 17.3 Å². The van der Waals surface area contributed by atoms with E-state index in [1.807, 2.05) is 48.5 Å². The summed E-state index contributed by atoms with van der Waals surface area (Å²) >= 11 is 5.22. The van der Waals surface area contributed by atoms with Crippen LogP contribution in [0.1, 0.15) is 5.56 Å². The molecule has 4 rings (SSSR count). The fourth-order valence-electron chi connectivity index (χ4n) is 3.15. The summed E-state index contributed by atoms with van der Waals surface area (Å²) in [4.78, 5) is 0. The van der Waals surface area contributed by atoms with E-state index in [9.17, 15) is 13.2 Å². The third-order valence-corrected chi connectivity index (χ3v) is 4.93. The van der Waals surface area contributed by atoms with Crippen LogP contribution in [0, 0.1) is 17.5 Å². The lowest BCUT2D eigenvalue weighted by atomic mass is 9.94. The van der Waals surface area contributed by atoms with Crippen molar-refractivity contribution < 1.29 is 17.9 Å². The molecule has 0 spiro atoms. The van der Waals surface area contributed by atoms with Gasteiger partial charge in [-0.15, -0.1) is 0 Å². The second kappa shape index (κ2) is 8.51. The molecule has 4 aromatic carbocycles. The van der Waals surface area contributed by atoms with Gasteiger partial charge in [-0.2, -0.15) is 0 Å². The second-order valence-corrected chi connectivity index (χ2v) is 6.95. The Hall–Kier alpha value is -3.44. The quantitative estimate of drug-likeness (QED) is 0.255. The number of thiocarbonyl (C=S) groups is 1. The van der Waals surface area contributed by atoms with E-state index < -0.39 is 17.5 Å². The van der Waals surface area contributed by atoms with E-state index in [1.165, 1.54) is 0 Å². The van der Waals surface area contributed by atoms with Crippen LogP contribution < -0.4 is 4.74 Å². The fourth-order valence-corrected chi connectivity index (χ4v) is 3.38. The molecule has 0 aliphatic carbocycles. The first-order valence-corrected chi connectivity index (χ1v) is 9.55. The minimum absolute atomic E-state index is 0.0308. The third-order valence-electron chi connectivity index (χ3n) is 4.61. The monoisotopic (exact) mass is 420 g/mol. The largest absolute Gasteiger partial charge is 0.445 e. The predicted molar refractivity (Wildman–Crippen MR) is 116 cm³/mol. The summed E-state index contributed by atoms with van der Waals surface area (Å²) in [6.07, 6.45) is 0. The summed E-state index contributed by atoms with van der Waals surface area (Å²) in [5.74, 6) is -4.41. The van der Waals surface area contributed by atoms with E-state index in [-0.39, 0.29) is 10.8 Å². The Morgan fingerprint density at radius 1 is 0.633 bits per heavy atom. The van der Waals surface area contributed by atoms with Crippen molar-refractivity contribution in [1.29, 1.82) is 0 Å². The van der Waals surface area contributed by atoms with Crippen LogP contribution in [0.3, 0.4) is 0 Å². The van der Waals surface area contributed by atoms with Crippen molar-refractivity contribution in [1.82, 2.24) is 0 Å². The molecule has 0 fully saturated rings. The molecule has 0 bridgehead atoms. The van der Waals surface area contributed by atoms with Crippen molar-refractivity contribution in [2.45, 2.75) is 0 Å². The summed E-state index contributed by atoms with van der Waals surface area (Å²) in [5, 5.41) is 0.0308. The van der Waals surface area contributed by atoms with Crippen LogP contribution in [-0.4, -0.2) is 5.05 Å². The summed E-state index contributed by atoms with van der Waals surface area (Å²) in [6.45, 7) is 0. The minimum atomic E-state index is -1.55. The lowest BCUT2D eigenvalue weighted by Gasteiger charge is -2.12. The van der Waals surface area contributed by atoms with Crippen molar-refractivity contribution in [3.63, 3.8) is 0 Å². The van der Waals surface area contributed by atoms with Gasteiger partial charge in [0.1, 0.15) is 5.75 Å². The van der Waals surface area contributed by atoms with Gasteiger partial charge in [0.2, 0.25) is 0 Å². The Balaban J connectivity index is 1.59. The van der Waals surface area contributed by atoms with Crippen LogP contribution in [0.2, 0.25) is 0 Å². The molecule has 0 amide bonds. The second-order valence-electron chi connectivity index (χ2n) is 6.58. The van der Waals surface area contributed by atoms with E-state index in [4.69, 9.17) is 17.0 Å². The molecule has 0 saturated heterocycles. The third kappa shape index (κ3) is 4.11. The zero-order valence-electron chi connectivity index (χ0n) is 15.6. The number of ether oxygens (including phenoxy) is 1. The fraction of sp³-hybridized carbons (Fsp3) is 0. The molecule has 0 radical (unpaired) electrons. The Morgan fingerprint density at radius 2 is 1.13 bits per heavy atom. The maximum atomic E-state index is 13.4. The van der Waals surface area contributed by atoms with Crippen LogP contribution in [0.25, 0.3) is 22.3 Å². The maximum Gasteiger partial charge on any atom is 0.198 e. The summed E-state index contributed by atoms with van der Waals surface area (Å²) in [6, 6.07) is 27.0. The molecular formula is C25H15F3OS. The van der Waals surface area contributed by atoms with Gasteiger partial charge in [0.15, 0.2) is 22.5 Å². The lowest BCUT2D eigenvalue weighted by molar-refractivity contribution is 0.436. The Labute approximate surface area is 177 Å². The van der Waals surface area contributed by atoms with Gasteiger partial charge in [-0.25, -0.2) is 13.2 Å². The van der Waals surface area contributed by atoms with Gasteiger partial charge in [0.05, 0.1) is 0 Å². The van der Waals surface area contributed by atoms with Gasteiger partial charge in [0, 0.05) is 17.7 Å². The van der Waals surface area contributed by atoms with Gasteiger partial charge in [-0.1, -0.05) is 66.7 Å². The molecule has 0 aromatic heterocycles. The molecule has 30 heavy (non-hydrogen) atoms. The van der Waals surface area contributed by atoms with E-state index in [2.05, 4.69) is 18.2 Å². The van der Waals surface area contributed by atoms with Crippen LogP contribution in [0.5, 0.6) is 5.75 Å². The van der Waals surface area contributed by atoms with Crippen LogP contribution in [0.15, 0.2) is 91.0 Å². The number of hydrogen-bond acceptors (Lipinski definition) is 2. The Morgan fingerprint density at radius 3 is 1.70 bits per heavy atom. The smallest absolute Gasteiger partial charge is 0.198 e. The first-order valence-electron chi connectivity index (χ1n) is 9.14. The average Bonchev–Trinajstić information content (AvgIpc) is 2.78. The molecule has 0 heterocycles. The van der Waals surface area contributed by atoms with Crippen LogP contribution in [0.4, 0.5) is 13.2 Å². The molecule has 0 N–H and O–H groups in total. The van der Waals surface area contributed by atoms with Gasteiger partial charge >= 0.3 is 0 Å². The van der Waals surface area contributed by atoms with Gasteiger partial charge in [-0.3, -0.25) is 0 Å². The van der Waals surface area contributed by atoms with E-state index >= 15 is 0 Å². The number of rotatable bonds is 4. The number of benzene rings is 4. The summed E-state index contributed by atoms with van der Waals surface area (Å²) < 4.78 is 45.2. The van der Waals surface area contributed by atoms with Crippen molar-refractivity contribution in [3.05, 3.63) is 114 Å². The summed E-state index contributed by atoms with van der Waals surface area (Å²) in [7, 11) is 0. The number of halogens is 3. The van der Waals surface area contributed by atoms with Crippen LogP contribution in [-0.2, 0) is 0 Å². The van der Waals surface area contributed by atoms with Gasteiger partial charge in [-0.05, 0) is 46.6 Å². The highest BCUT2D eigenvalue weighted by Crippen LogP contribution is 2.32. The van der Waals surface area contributed by atoms with Gasteiger partial charge < -0.3 is 4.74 Å². The van der Waals surface area contributed by atoms with E-state index in [0.717, 1.165) is 34.4 Å². The first-order chi connectivity index (χ1) is 14.5. The average molecular weight is 420 g/mol. The first kappa shape index (κ1) is 19.9. The molecule has 4 aromatic rings. The predicted octanol–water partition coefficient (Wildman–Crippen LogP) is 7.19. The van der Waals surface area contributed by atoms with E-state index in [0.29, 0.717) is 5.56 Å². The molecule has 5 heteroatoms. The summed E-state index contributed by atoms with van der Waals surface area (Å²) in [5.41, 5.74) is 4.82. The molecule has 0 aliphatic heterocycles. The molecule has 0 saturated carbocycles. The number of hydrogen-bond donors (Lipinski definition) is 0. The van der Waals surface area contributed by atoms with Gasteiger partial charge in [0.25, 0.3) is 0 Å². The molecule has 148 valence electrons. The SMILES string of the molecule is Fc1cc(OC(=S)c2ccc(-c3ccccc3-c3ccccc3)cc2)cc(F)c1F. The standard InChI is InChI=1S/C25H15F3OS/c26-22-14-19(15-23(27)24(22)28)29-25(30)18-12-10-17(11-13-18)21-9-5-4-8-20(21)16-6-2-1-3-7-16/h1-15H. The molecule has 0 aliphatic rings. The Bertz CT molecular complexity index is 1180. The maximum absolute atomic E-state index is 13.4. The van der Waals surface area contributed by atoms with Crippen molar-refractivity contribution in [3.8, 4) is 28.0 Å². The molecular weight excluding hydrogens is 405 g/mol. The normalized spacial score (nSPS) is 10.6. The molecule has 0 unspecified atom stereocenters. The lowest BCUT2D eigenvalue weighted by Crippen LogP contribution is -2.08. The van der Waals surface area contributed by atoms with Crippen molar-refractivity contribution in [2.75, 3.05) is 0 Å². The Kier molecular flexibility index (Phi) is 5.63. The minimum Gasteiger partial charge on any atom is -0.445 e. The van der Waals surface area contributed by atoms with Crippen molar-refractivity contribution in [2.24, 2.45) is 0 Å². The highest BCUT2D eigenvalue weighted by Gasteiger charge is 2.14. The van der Waals surface area contributed by atoms with E-state index in [1.54, 1.807) is 12.1 Å². The molecule has 1 nitrogen and oxygen atoms in total. The zero-order chi connectivity index (χ0) is 21.1. The molecule has 0 atom stereocenters. The topological polar surface area (TPSA) is 9.23 Å².